The standard InChI is InChI=1S/C20H23NO4/c1-17-5-2-6-19-13(17)4-7-18(14(19)10-22)9-12(23)3-8-20(18)15(19)21(11-17)16(24)25-20/h3,8,10,13-15H,2,4-7,9,11H2,1H3/t13-,14?,15?,17?,18+,19?,20+/m1/s1. The quantitative estimate of drug-likeness (QED) is 0.688. The predicted octanol–water partition coefficient (Wildman–Crippen LogP) is 2.49. The zero-order valence-electron chi connectivity index (χ0n) is 14.5. The Morgan fingerprint density at radius 3 is 2.92 bits per heavy atom. The minimum atomic E-state index is -0.781. The van der Waals surface area contributed by atoms with Gasteiger partial charge in [0.05, 0.1) is 6.04 Å². The van der Waals surface area contributed by atoms with Crippen molar-refractivity contribution in [3.05, 3.63) is 12.2 Å². The summed E-state index contributed by atoms with van der Waals surface area (Å²) in [5.41, 5.74) is -1.47. The van der Waals surface area contributed by atoms with E-state index in [2.05, 4.69) is 6.92 Å². The molecule has 7 atom stereocenters. The highest BCUT2D eigenvalue weighted by Crippen LogP contribution is 2.80. The van der Waals surface area contributed by atoms with E-state index in [4.69, 9.17) is 4.74 Å². The molecular formula is C20H23NO4. The molecule has 5 fully saturated rings. The fourth-order valence-electron chi connectivity index (χ4n) is 8.66. The van der Waals surface area contributed by atoms with Crippen LogP contribution in [0.2, 0.25) is 0 Å². The molecule has 3 bridgehead atoms. The maximum atomic E-state index is 12.9. The number of ether oxygens (including phenoxy) is 1. The van der Waals surface area contributed by atoms with Gasteiger partial charge in [-0.2, -0.15) is 0 Å². The van der Waals surface area contributed by atoms with Crippen LogP contribution in [0.4, 0.5) is 4.79 Å². The molecule has 4 unspecified atom stereocenters. The summed E-state index contributed by atoms with van der Waals surface area (Å²) in [5.74, 6) is 0.323. The number of ketones is 1. The van der Waals surface area contributed by atoms with Crippen molar-refractivity contribution in [1.82, 2.24) is 4.90 Å². The summed E-state index contributed by atoms with van der Waals surface area (Å²) in [7, 11) is 0. The average molecular weight is 341 g/mol. The van der Waals surface area contributed by atoms with Gasteiger partial charge in [0.15, 0.2) is 11.4 Å². The molecule has 3 spiro atoms. The minimum Gasteiger partial charge on any atom is -0.436 e. The molecule has 2 saturated heterocycles. The van der Waals surface area contributed by atoms with Crippen molar-refractivity contribution in [2.45, 2.75) is 57.1 Å². The van der Waals surface area contributed by atoms with E-state index in [1.165, 1.54) is 0 Å². The van der Waals surface area contributed by atoms with Crippen molar-refractivity contribution < 1.29 is 19.1 Å². The third-order valence-corrected chi connectivity index (χ3v) is 9.07. The van der Waals surface area contributed by atoms with Gasteiger partial charge < -0.3 is 9.53 Å². The number of rotatable bonds is 1. The molecule has 0 aromatic rings. The van der Waals surface area contributed by atoms with E-state index in [-0.39, 0.29) is 34.7 Å². The average Bonchev–Trinajstić information content (AvgIpc) is 2.90. The molecule has 0 N–H and O–H groups in total. The molecule has 0 aromatic carbocycles. The molecule has 2 aliphatic heterocycles. The van der Waals surface area contributed by atoms with E-state index in [9.17, 15) is 14.4 Å². The summed E-state index contributed by atoms with van der Waals surface area (Å²) >= 11 is 0. The zero-order chi connectivity index (χ0) is 17.2. The lowest BCUT2D eigenvalue weighted by Crippen LogP contribution is -2.66. The second kappa shape index (κ2) is 3.86. The van der Waals surface area contributed by atoms with Gasteiger partial charge in [-0.3, -0.25) is 9.69 Å². The number of nitrogens with zero attached hydrogens (tertiary/aromatic N) is 1. The normalized spacial score (nSPS) is 57.3. The Morgan fingerprint density at radius 1 is 1.28 bits per heavy atom. The van der Waals surface area contributed by atoms with E-state index in [0.29, 0.717) is 12.3 Å². The van der Waals surface area contributed by atoms with Crippen LogP contribution in [-0.2, 0) is 14.3 Å². The largest absolute Gasteiger partial charge is 0.436 e. The third-order valence-electron chi connectivity index (χ3n) is 9.07. The third kappa shape index (κ3) is 1.19. The summed E-state index contributed by atoms with van der Waals surface area (Å²) in [4.78, 5) is 39.7. The Labute approximate surface area is 146 Å². The molecule has 25 heavy (non-hydrogen) atoms. The SMILES string of the molecule is CC12CCCC34C(C=O)[C@]5(CC[C@H]13)CC(=O)C=C[C@@]51OC(=O)N(C2)C41. The maximum Gasteiger partial charge on any atom is 0.411 e. The Hall–Kier alpha value is -1.65. The van der Waals surface area contributed by atoms with Crippen LogP contribution in [0, 0.1) is 28.1 Å². The van der Waals surface area contributed by atoms with Crippen molar-refractivity contribution in [1.29, 1.82) is 0 Å². The number of allylic oxidation sites excluding steroid dienone is 1. The second-order valence-electron chi connectivity index (χ2n) is 9.65. The molecule has 0 aromatic heterocycles. The van der Waals surface area contributed by atoms with Gasteiger partial charge in [-0.1, -0.05) is 13.3 Å². The molecule has 4 aliphatic carbocycles. The van der Waals surface area contributed by atoms with Gasteiger partial charge >= 0.3 is 6.09 Å². The molecule has 2 heterocycles. The maximum absolute atomic E-state index is 12.9. The monoisotopic (exact) mass is 341 g/mol. The van der Waals surface area contributed by atoms with E-state index in [1.807, 2.05) is 11.0 Å². The fraction of sp³-hybridized carbons (Fsp3) is 0.750. The number of amides is 1. The van der Waals surface area contributed by atoms with Gasteiger partial charge in [0, 0.05) is 29.7 Å². The molecule has 3 saturated carbocycles. The topological polar surface area (TPSA) is 63.7 Å². The molecular weight excluding hydrogens is 318 g/mol. The summed E-state index contributed by atoms with van der Waals surface area (Å²) in [6.45, 7) is 3.03. The molecule has 6 aliphatic rings. The van der Waals surface area contributed by atoms with Crippen LogP contribution in [-0.4, -0.2) is 41.3 Å². The van der Waals surface area contributed by atoms with Crippen molar-refractivity contribution in [3.8, 4) is 0 Å². The predicted molar refractivity (Wildman–Crippen MR) is 87.6 cm³/mol. The van der Waals surface area contributed by atoms with Gasteiger partial charge in [0.1, 0.15) is 6.29 Å². The van der Waals surface area contributed by atoms with Gasteiger partial charge in [0.2, 0.25) is 0 Å². The smallest absolute Gasteiger partial charge is 0.411 e. The summed E-state index contributed by atoms with van der Waals surface area (Å²) in [6.07, 6.45) is 9.74. The van der Waals surface area contributed by atoms with Crippen LogP contribution in [0.15, 0.2) is 12.2 Å². The van der Waals surface area contributed by atoms with Crippen LogP contribution in [0.1, 0.15) is 45.4 Å². The molecule has 0 radical (unpaired) electrons. The van der Waals surface area contributed by atoms with Crippen LogP contribution < -0.4 is 0 Å². The first kappa shape index (κ1) is 14.5. The summed E-state index contributed by atoms with van der Waals surface area (Å²) in [5, 5.41) is 0. The van der Waals surface area contributed by atoms with Crippen molar-refractivity contribution in [3.63, 3.8) is 0 Å². The highest BCUT2D eigenvalue weighted by atomic mass is 16.6. The van der Waals surface area contributed by atoms with Crippen LogP contribution in [0.3, 0.4) is 0 Å². The van der Waals surface area contributed by atoms with E-state index < -0.39 is 11.0 Å². The lowest BCUT2D eigenvalue weighted by Gasteiger charge is -2.64. The molecule has 1 amide bonds. The number of hydrogen-bond donors (Lipinski definition) is 0. The Bertz CT molecular complexity index is 776. The second-order valence-corrected chi connectivity index (χ2v) is 9.65. The van der Waals surface area contributed by atoms with Gasteiger partial charge in [-0.15, -0.1) is 0 Å². The van der Waals surface area contributed by atoms with Gasteiger partial charge in [0.25, 0.3) is 0 Å². The highest BCUT2D eigenvalue weighted by Gasteiger charge is 2.86. The van der Waals surface area contributed by atoms with Crippen molar-refractivity contribution in [2.75, 3.05) is 6.54 Å². The van der Waals surface area contributed by atoms with Crippen molar-refractivity contribution in [2.24, 2.45) is 28.1 Å². The van der Waals surface area contributed by atoms with E-state index in [0.717, 1.165) is 44.9 Å². The van der Waals surface area contributed by atoms with Gasteiger partial charge in [-0.05, 0) is 49.2 Å². The Balaban J connectivity index is 1.71. The Morgan fingerprint density at radius 2 is 2.12 bits per heavy atom. The lowest BCUT2D eigenvalue weighted by atomic mass is 9.43. The van der Waals surface area contributed by atoms with Gasteiger partial charge in [-0.25, -0.2) is 4.79 Å². The molecule has 5 heteroatoms. The molecule has 6 rings (SSSR count). The number of carbonyl (C=O) groups excluding carboxylic acids is 3. The van der Waals surface area contributed by atoms with E-state index in [1.54, 1.807) is 6.08 Å². The Kier molecular flexibility index (Phi) is 2.24. The minimum absolute atomic E-state index is 0.0589. The summed E-state index contributed by atoms with van der Waals surface area (Å²) in [6, 6.07) is -0.0760. The van der Waals surface area contributed by atoms with Crippen LogP contribution in [0.25, 0.3) is 0 Å². The first-order valence-electron chi connectivity index (χ1n) is 9.61. The van der Waals surface area contributed by atoms with Crippen molar-refractivity contribution >= 4 is 18.2 Å². The molecule has 5 nitrogen and oxygen atoms in total. The number of piperidine rings is 1. The fourth-order valence-corrected chi connectivity index (χ4v) is 8.66. The number of hydrogen-bond acceptors (Lipinski definition) is 4. The van der Waals surface area contributed by atoms with E-state index >= 15 is 0 Å². The summed E-state index contributed by atoms with van der Waals surface area (Å²) < 4.78 is 6.13. The first-order valence-corrected chi connectivity index (χ1v) is 9.61. The number of aldehydes is 1. The number of carbonyl (C=O) groups is 3. The lowest BCUT2D eigenvalue weighted by molar-refractivity contribution is -0.171. The first-order chi connectivity index (χ1) is 11.9. The van der Waals surface area contributed by atoms with Crippen LogP contribution in [0.5, 0.6) is 0 Å². The van der Waals surface area contributed by atoms with Crippen LogP contribution >= 0.6 is 0 Å². The molecule has 132 valence electrons. The zero-order valence-corrected chi connectivity index (χ0v) is 14.5. The highest BCUT2D eigenvalue weighted by molar-refractivity contribution is 5.94.